The summed E-state index contributed by atoms with van der Waals surface area (Å²) in [7, 11) is 1.53. The van der Waals surface area contributed by atoms with Gasteiger partial charge in [0.1, 0.15) is 5.75 Å². The molecule has 5 nitrogen and oxygen atoms in total. The van der Waals surface area contributed by atoms with Gasteiger partial charge in [0.25, 0.3) is 5.91 Å². The fourth-order valence-electron chi connectivity index (χ4n) is 3.39. The molecule has 2 N–H and O–H groups in total. The summed E-state index contributed by atoms with van der Waals surface area (Å²) in [5.74, 6) is 0.235. The molecule has 0 aromatic heterocycles. The SMILES string of the molecule is COc1ccccc1C(=O)NCCC(=O)NC1CCCc2ccccc21. The van der Waals surface area contributed by atoms with Crippen molar-refractivity contribution in [1.82, 2.24) is 10.6 Å². The fraction of sp³-hybridized carbons (Fsp3) is 0.333. The largest absolute Gasteiger partial charge is 0.496 e. The fourth-order valence-corrected chi connectivity index (χ4v) is 3.39. The second-order valence-electron chi connectivity index (χ2n) is 6.42. The molecule has 0 saturated carbocycles. The Kier molecular flexibility index (Phi) is 5.89. The van der Waals surface area contributed by atoms with E-state index in [-0.39, 0.29) is 30.8 Å². The van der Waals surface area contributed by atoms with Gasteiger partial charge >= 0.3 is 0 Å². The number of carbonyl (C=O) groups is 2. The van der Waals surface area contributed by atoms with Crippen LogP contribution in [0.15, 0.2) is 48.5 Å². The third-order valence-corrected chi connectivity index (χ3v) is 4.69. The zero-order valence-corrected chi connectivity index (χ0v) is 15.0. The molecule has 0 spiro atoms. The van der Waals surface area contributed by atoms with Crippen LogP contribution in [-0.2, 0) is 11.2 Å². The molecule has 0 fully saturated rings. The number of aryl methyl sites for hydroxylation is 1. The van der Waals surface area contributed by atoms with E-state index in [1.807, 2.05) is 18.2 Å². The van der Waals surface area contributed by atoms with Crippen molar-refractivity contribution in [2.75, 3.05) is 13.7 Å². The molecule has 0 radical (unpaired) electrons. The highest BCUT2D eigenvalue weighted by atomic mass is 16.5. The van der Waals surface area contributed by atoms with Gasteiger partial charge in [-0.3, -0.25) is 9.59 Å². The maximum absolute atomic E-state index is 12.3. The van der Waals surface area contributed by atoms with E-state index in [2.05, 4.69) is 22.8 Å². The summed E-state index contributed by atoms with van der Waals surface area (Å²) in [4.78, 5) is 24.5. The molecule has 5 heteroatoms. The molecule has 1 unspecified atom stereocenters. The van der Waals surface area contributed by atoms with Crippen molar-refractivity contribution in [3.05, 3.63) is 65.2 Å². The Labute approximate surface area is 153 Å². The molecule has 0 bridgehead atoms. The van der Waals surface area contributed by atoms with E-state index in [0.29, 0.717) is 11.3 Å². The minimum Gasteiger partial charge on any atom is -0.496 e. The molecule has 2 aromatic carbocycles. The van der Waals surface area contributed by atoms with Gasteiger partial charge < -0.3 is 15.4 Å². The molecular formula is C21H24N2O3. The molecule has 2 aromatic rings. The van der Waals surface area contributed by atoms with Crippen molar-refractivity contribution < 1.29 is 14.3 Å². The number of ether oxygens (including phenoxy) is 1. The number of nitrogens with one attached hydrogen (secondary N) is 2. The zero-order chi connectivity index (χ0) is 18.4. The molecular weight excluding hydrogens is 328 g/mol. The Morgan fingerprint density at radius 2 is 1.88 bits per heavy atom. The Morgan fingerprint density at radius 3 is 2.73 bits per heavy atom. The van der Waals surface area contributed by atoms with Crippen LogP contribution >= 0.6 is 0 Å². The lowest BCUT2D eigenvalue weighted by Gasteiger charge is -2.26. The van der Waals surface area contributed by atoms with E-state index in [9.17, 15) is 9.59 Å². The zero-order valence-electron chi connectivity index (χ0n) is 15.0. The van der Waals surface area contributed by atoms with Crippen LogP contribution in [0.1, 0.15) is 46.8 Å². The number of carbonyl (C=O) groups excluding carboxylic acids is 2. The Morgan fingerprint density at radius 1 is 1.12 bits per heavy atom. The van der Waals surface area contributed by atoms with Crippen LogP contribution < -0.4 is 15.4 Å². The second kappa shape index (κ2) is 8.52. The predicted octanol–water partition coefficient (Wildman–Crippen LogP) is 3.01. The quantitative estimate of drug-likeness (QED) is 0.840. The van der Waals surface area contributed by atoms with Gasteiger partial charge in [-0.1, -0.05) is 36.4 Å². The van der Waals surface area contributed by atoms with Crippen molar-refractivity contribution in [1.29, 1.82) is 0 Å². The van der Waals surface area contributed by atoms with Crippen molar-refractivity contribution >= 4 is 11.8 Å². The van der Waals surface area contributed by atoms with E-state index >= 15 is 0 Å². The minimum absolute atomic E-state index is 0.0490. The standard InChI is InChI=1S/C21H24N2O3/c1-26-19-12-5-4-10-17(19)21(25)22-14-13-20(24)23-18-11-6-8-15-7-2-3-9-16(15)18/h2-5,7,9-10,12,18H,6,8,11,13-14H2,1H3,(H,22,25)(H,23,24). The molecule has 3 rings (SSSR count). The average molecular weight is 352 g/mol. The summed E-state index contributed by atoms with van der Waals surface area (Å²) in [5.41, 5.74) is 3.00. The van der Waals surface area contributed by atoms with Crippen LogP contribution in [0.5, 0.6) is 5.75 Å². The molecule has 136 valence electrons. The van der Waals surface area contributed by atoms with Gasteiger partial charge in [-0.15, -0.1) is 0 Å². The number of benzene rings is 2. The first-order chi connectivity index (χ1) is 12.7. The minimum atomic E-state index is -0.238. The number of para-hydroxylation sites is 1. The first kappa shape index (κ1) is 18.0. The number of rotatable bonds is 6. The van der Waals surface area contributed by atoms with Crippen molar-refractivity contribution in [3.8, 4) is 5.75 Å². The van der Waals surface area contributed by atoms with Gasteiger partial charge in [-0.05, 0) is 42.5 Å². The van der Waals surface area contributed by atoms with Gasteiger partial charge in [0.05, 0.1) is 18.7 Å². The van der Waals surface area contributed by atoms with Crippen LogP contribution in [0.3, 0.4) is 0 Å². The lowest BCUT2D eigenvalue weighted by molar-refractivity contribution is -0.121. The normalized spacial score (nSPS) is 15.7. The van der Waals surface area contributed by atoms with Gasteiger partial charge in [0.2, 0.25) is 5.91 Å². The maximum Gasteiger partial charge on any atom is 0.255 e. The van der Waals surface area contributed by atoms with Crippen LogP contribution in [0.25, 0.3) is 0 Å². The number of hydrogen-bond acceptors (Lipinski definition) is 3. The van der Waals surface area contributed by atoms with Crippen LogP contribution in [-0.4, -0.2) is 25.5 Å². The van der Waals surface area contributed by atoms with Gasteiger partial charge in [0, 0.05) is 13.0 Å². The number of fused-ring (bicyclic) bond motifs is 1. The monoisotopic (exact) mass is 352 g/mol. The summed E-state index contributed by atoms with van der Waals surface area (Å²) in [5, 5.41) is 5.88. The Hall–Kier alpha value is -2.82. The third-order valence-electron chi connectivity index (χ3n) is 4.69. The number of hydrogen-bond donors (Lipinski definition) is 2. The smallest absolute Gasteiger partial charge is 0.255 e. The molecule has 0 saturated heterocycles. The molecule has 26 heavy (non-hydrogen) atoms. The highest BCUT2D eigenvalue weighted by molar-refractivity contribution is 5.97. The number of methoxy groups -OCH3 is 1. The Balaban J connectivity index is 1.50. The van der Waals surface area contributed by atoms with E-state index in [1.165, 1.54) is 18.2 Å². The third kappa shape index (κ3) is 4.23. The highest BCUT2D eigenvalue weighted by Gasteiger charge is 2.21. The first-order valence-corrected chi connectivity index (χ1v) is 8.97. The lowest BCUT2D eigenvalue weighted by atomic mass is 9.88. The number of amides is 2. The lowest BCUT2D eigenvalue weighted by Crippen LogP contribution is -2.34. The van der Waals surface area contributed by atoms with Crippen molar-refractivity contribution in [2.45, 2.75) is 31.7 Å². The van der Waals surface area contributed by atoms with Crippen LogP contribution in [0, 0.1) is 0 Å². The van der Waals surface area contributed by atoms with Gasteiger partial charge in [-0.25, -0.2) is 0 Å². The van der Waals surface area contributed by atoms with E-state index in [0.717, 1.165) is 19.3 Å². The van der Waals surface area contributed by atoms with Crippen LogP contribution in [0.2, 0.25) is 0 Å². The molecule has 1 aliphatic rings. The summed E-state index contributed by atoms with van der Waals surface area (Å²) >= 11 is 0. The summed E-state index contributed by atoms with van der Waals surface area (Å²) in [6.45, 7) is 0.289. The molecule has 2 amide bonds. The van der Waals surface area contributed by atoms with Gasteiger partial charge in [0.15, 0.2) is 0 Å². The molecule has 0 heterocycles. The Bertz CT molecular complexity index is 788. The van der Waals surface area contributed by atoms with E-state index < -0.39 is 0 Å². The first-order valence-electron chi connectivity index (χ1n) is 8.97. The summed E-state index contributed by atoms with van der Waals surface area (Å²) < 4.78 is 5.19. The van der Waals surface area contributed by atoms with E-state index in [4.69, 9.17) is 4.74 Å². The molecule has 1 aliphatic carbocycles. The topological polar surface area (TPSA) is 67.4 Å². The molecule has 0 aliphatic heterocycles. The second-order valence-corrected chi connectivity index (χ2v) is 6.42. The van der Waals surface area contributed by atoms with E-state index in [1.54, 1.807) is 18.2 Å². The van der Waals surface area contributed by atoms with Crippen molar-refractivity contribution in [3.63, 3.8) is 0 Å². The van der Waals surface area contributed by atoms with Gasteiger partial charge in [-0.2, -0.15) is 0 Å². The van der Waals surface area contributed by atoms with Crippen molar-refractivity contribution in [2.24, 2.45) is 0 Å². The summed E-state index contributed by atoms with van der Waals surface area (Å²) in [6, 6.07) is 15.4. The van der Waals surface area contributed by atoms with Crippen LogP contribution in [0.4, 0.5) is 0 Å². The summed E-state index contributed by atoms with van der Waals surface area (Å²) in [6.07, 6.45) is 3.35. The maximum atomic E-state index is 12.3. The highest BCUT2D eigenvalue weighted by Crippen LogP contribution is 2.29. The average Bonchev–Trinajstić information content (AvgIpc) is 2.68. The molecule has 1 atom stereocenters. The predicted molar refractivity (Wildman–Crippen MR) is 100 cm³/mol.